The second-order valence-corrected chi connectivity index (χ2v) is 4.92. The van der Waals surface area contributed by atoms with Crippen LogP contribution in [-0.4, -0.2) is 30.9 Å². The molecule has 0 spiro atoms. The average Bonchev–Trinajstić information content (AvgIpc) is 2.74. The predicted octanol–water partition coefficient (Wildman–Crippen LogP) is 2.49. The van der Waals surface area contributed by atoms with E-state index in [0.29, 0.717) is 5.56 Å². The third-order valence-corrected chi connectivity index (χ3v) is 3.65. The highest BCUT2D eigenvalue weighted by molar-refractivity contribution is 5.55. The third-order valence-electron chi connectivity index (χ3n) is 3.65. The lowest BCUT2D eigenvalue weighted by atomic mass is 10.0. The van der Waals surface area contributed by atoms with Gasteiger partial charge in [0.1, 0.15) is 5.82 Å². The summed E-state index contributed by atoms with van der Waals surface area (Å²) in [6, 6.07) is 4.82. The highest BCUT2D eigenvalue weighted by Crippen LogP contribution is 2.31. The number of hydrogen-bond donors (Lipinski definition) is 1. The molecule has 1 saturated heterocycles. The summed E-state index contributed by atoms with van der Waals surface area (Å²) >= 11 is 0. The molecule has 0 aromatic heterocycles. The van der Waals surface area contributed by atoms with Crippen molar-refractivity contribution in [2.45, 2.75) is 38.5 Å². The molecular weight excluding hydrogens is 233 g/mol. The highest BCUT2D eigenvalue weighted by Gasteiger charge is 2.29. The SMILES string of the molecule is CC(O)c1cc(F)ccc1N(C)C1CCOC1C. The molecule has 1 aliphatic heterocycles. The van der Waals surface area contributed by atoms with Gasteiger partial charge in [-0.1, -0.05) is 0 Å². The van der Waals surface area contributed by atoms with Crippen LogP contribution in [0.2, 0.25) is 0 Å². The molecule has 2 rings (SSSR count). The van der Waals surface area contributed by atoms with Gasteiger partial charge < -0.3 is 14.7 Å². The van der Waals surface area contributed by atoms with Crippen LogP contribution in [0.4, 0.5) is 10.1 Å². The van der Waals surface area contributed by atoms with Crippen molar-refractivity contribution in [2.75, 3.05) is 18.6 Å². The van der Waals surface area contributed by atoms with Gasteiger partial charge in [0.05, 0.1) is 18.2 Å². The van der Waals surface area contributed by atoms with E-state index < -0.39 is 6.10 Å². The molecule has 1 aromatic carbocycles. The molecule has 1 heterocycles. The lowest BCUT2D eigenvalue weighted by molar-refractivity contribution is 0.118. The maximum absolute atomic E-state index is 13.3. The van der Waals surface area contributed by atoms with Gasteiger partial charge in [0.15, 0.2) is 0 Å². The monoisotopic (exact) mass is 253 g/mol. The van der Waals surface area contributed by atoms with Gasteiger partial charge in [0.25, 0.3) is 0 Å². The molecule has 0 saturated carbocycles. The predicted molar refractivity (Wildman–Crippen MR) is 69.3 cm³/mol. The minimum Gasteiger partial charge on any atom is -0.389 e. The van der Waals surface area contributed by atoms with E-state index in [4.69, 9.17) is 4.74 Å². The number of halogens is 1. The van der Waals surface area contributed by atoms with Gasteiger partial charge in [-0.15, -0.1) is 0 Å². The first-order valence-electron chi connectivity index (χ1n) is 6.32. The van der Waals surface area contributed by atoms with Gasteiger partial charge in [-0.05, 0) is 38.5 Å². The number of aliphatic hydroxyl groups excluding tert-OH is 1. The van der Waals surface area contributed by atoms with Gasteiger partial charge in [0.2, 0.25) is 0 Å². The highest BCUT2D eigenvalue weighted by atomic mass is 19.1. The summed E-state index contributed by atoms with van der Waals surface area (Å²) in [7, 11) is 1.97. The Bertz CT molecular complexity index is 422. The fraction of sp³-hybridized carbons (Fsp3) is 0.571. The summed E-state index contributed by atoms with van der Waals surface area (Å²) in [5.41, 5.74) is 1.49. The Labute approximate surface area is 107 Å². The number of rotatable bonds is 3. The van der Waals surface area contributed by atoms with Crippen molar-refractivity contribution in [3.8, 4) is 0 Å². The average molecular weight is 253 g/mol. The number of nitrogens with zero attached hydrogens (tertiary/aromatic N) is 1. The minimum atomic E-state index is -0.684. The number of ether oxygens (including phenoxy) is 1. The molecular formula is C14H20FNO2. The summed E-state index contributed by atoms with van der Waals surface area (Å²) in [5, 5.41) is 9.76. The van der Waals surface area contributed by atoms with E-state index >= 15 is 0 Å². The van der Waals surface area contributed by atoms with E-state index in [9.17, 15) is 9.50 Å². The molecule has 0 radical (unpaired) electrons. The zero-order valence-corrected chi connectivity index (χ0v) is 11.1. The normalized spacial score (nSPS) is 25.2. The van der Waals surface area contributed by atoms with E-state index in [1.54, 1.807) is 13.0 Å². The number of anilines is 1. The van der Waals surface area contributed by atoms with E-state index in [1.807, 2.05) is 14.0 Å². The smallest absolute Gasteiger partial charge is 0.123 e. The van der Waals surface area contributed by atoms with Crippen LogP contribution in [0, 0.1) is 5.82 Å². The van der Waals surface area contributed by atoms with E-state index in [1.165, 1.54) is 12.1 Å². The van der Waals surface area contributed by atoms with Crippen molar-refractivity contribution in [2.24, 2.45) is 0 Å². The van der Waals surface area contributed by atoms with Crippen molar-refractivity contribution in [1.82, 2.24) is 0 Å². The van der Waals surface area contributed by atoms with Gasteiger partial charge in [-0.2, -0.15) is 0 Å². The summed E-state index contributed by atoms with van der Waals surface area (Å²) < 4.78 is 18.8. The Balaban J connectivity index is 2.32. The zero-order valence-electron chi connectivity index (χ0n) is 11.1. The molecule has 3 nitrogen and oxygen atoms in total. The van der Waals surface area contributed by atoms with Crippen LogP contribution in [0.25, 0.3) is 0 Å². The number of likely N-dealkylation sites (N-methyl/N-ethyl adjacent to an activating group) is 1. The first-order valence-corrected chi connectivity index (χ1v) is 6.32. The van der Waals surface area contributed by atoms with Gasteiger partial charge in [-0.25, -0.2) is 4.39 Å². The lowest BCUT2D eigenvalue weighted by Crippen LogP contribution is -2.37. The Kier molecular flexibility index (Phi) is 3.88. The molecule has 1 fully saturated rings. The summed E-state index contributed by atoms with van der Waals surface area (Å²) in [4.78, 5) is 2.08. The number of aliphatic hydroxyl groups is 1. The Hall–Kier alpha value is -1.13. The van der Waals surface area contributed by atoms with Crippen molar-refractivity contribution in [3.63, 3.8) is 0 Å². The summed E-state index contributed by atoms with van der Waals surface area (Å²) in [5.74, 6) is -0.321. The standard InChI is InChI=1S/C14H20FNO2/c1-9(17)12-8-11(15)4-5-14(12)16(3)13-6-7-18-10(13)2/h4-5,8-10,13,17H,6-7H2,1-3H3. The van der Waals surface area contributed by atoms with Gasteiger partial charge >= 0.3 is 0 Å². The van der Waals surface area contributed by atoms with Crippen molar-refractivity contribution in [3.05, 3.63) is 29.6 Å². The first-order chi connectivity index (χ1) is 8.50. The second-order valence-electron chi connectivity index (χ2n) is 4.92. The molecule has 0 aliphatic carbocycles. The van der Waals surface area contributed by atoms with Crippen LogP contribution >= 0.6 is 0 Å². The molecule has 1 aromatic rings. The Morgan fingerprint density at radius 2 is 2.22 bits per heavy atom. The molecule has 18 heavy (non-hydrogen) atoms. The van der Waals surface area contributed by atoms with Crippen molar-refractivity contribution in [1.29, 1.82) is 0 Å². The summed E-state index contributed by atoms with van der Waals surface area (Å²) in [6.45, 7) is 4.45. The van der Waals surface area contributed by atoms with Crippen LogP contribution in [0.3, 0.4) is 0 Å². The van der Waals surface area contributed by atoms with Crippen LogP contribution in [0.5, 0.6) is 0 Å². The summed E-state index contributed by atoms with van der Waals surface area (Å²) in [6.07, 6.45) is 0.423. The van der Waals surface area contributed by atoms with Crippen LogP contribution in [0.15, 0.2) is 18.2 Å². The number of benzene rings is 1. The minimum absolute atomic E-state index is 0.155. The molecule has 3 atom stereocenters. The molecule has 1 N–H and O–H groups in total. The number of hydrogen-bond acceptors (Lipinski definition) is 3. The van der Waals surface area contributed by atoms with Crippen molar-refractivity contribution < 1.29 is 14.2 Å². The maximum atomic E-state index is 13.3. The quantitative estimate of drug-likeness (QED) is 0.898. The third kappa shape index (κ3) is 2.49. The molecule has 4 heteroatoms. The lowest BCUT2D eigenvalue weighted by Gasteiger charge is -2.31. The van der Waals surface area contributed by atoms with Gasteiger partial charge in [-0.3, -0.25) is 0 Å². The largest absolute Gasteiger partial charge is 0.389 e. The molecule has 0 bridgehead atoms. The first kappa shape index (κ1) is 13.3. The van der Waals surface area contributed by atoms with Gasteiger partial charge in [0, 0.05) is 24.9 Å². The fourth-order valence-corrected chi connectivity index (χ4v) is 2.59. The maximum Gasteiger partial charge on any atom is 0.123 e. The molecule has 0 amide bonds. The second kappa shape index (κ2) is 5.24. The van der Waals surface area contributed by atoms with E-state index in [0.717, 1.165) is 18.7 Å². The zero-order chi connectivity index (χ0) is 13.3. The Morgan fingerprint density at radius 1 is 1.50 bits per heavy atom. The molecule has 100 valence electrons. The van der Waals surface area contributed by atoms with Crippen molar-refractivity contribution >= 4 is 5.69 Å². The van der Waals surface area contributed by atoms with Crippen LogP contribution in [-0.2, 0) is 4.74 Å². The van der Waals surface area contributed by atoms with E-state index in [-0.39, 0.29) is 18.0 Å². The molecule has 3 unspecified atom stereocenters. The van der Waals surface area contributed by atoms with Crippen LogP contribution < -0.4 is 4.90 Å². The molecule has 1 aliphatic rings. The van der Waals surface area contributed by atoms with E-state index in [2.05, 4.69) is 4.90 Å². The Morgan fingerprint density at radius 3 is 2.78 bits per heavy atom. The van der Waals surface area contributed by atoms with Crippen LogP contribution in [0.1, 0.15) is 31.9 Å². The fourth-order valence-electron chi connectivity index (χ4n) is 2.59. The topological polar surface area (TPSA) is 32.7 Å².